The number of rotatable bonds is 5. The van der Waals surface area contributed by atoms with E-state index in [2.05, 4.69) is 10.3 Å². The van der Waals surface area contributed by atoms with Gasteiger partial charge in [-0.25, -0.2) is 4.98 Å². The molecular weight excluding hydrogens is 393 g/mol. The molecule has 2 aromatic carbocycles. The minimum Gasteiger partial charge on any atom is -0.342 e. The van der Waals surface area contributed by atoms with E-state index in [0.717, 1.165) is 5.56 Å². The largest absolute Gasteiger partial charge is 0.342 e. The number of aryl methyl sites for hydroxylation is 1. The molecule has 0 aliphatic rings. The minimum atomic E-state index is -0.416. The predicted molar refractivity (Wildman–Crippen MR) is 105 cm³/mol. The molecule has 134 valence electrons. The van der Waals surface area contributed by atoms with E-state index < -0.39 is 6.04 Å². The highest BCUT2D eigenvalue weighted by atomic mass is 35.5. The summed E-state index contributed by atoms with van der Waals surface area (Å²) in [5.74, 6) is 0.508. The number of halogens is 3. The molecule has 0 bridgehead atoms. The fourth-order valence-electron chi connectivity index (χ4n) is 2.68. The van der Waals surface area contributed by atoms with E-state index in [1.807, 2.05) is 29.9 Å². The first kappa shape index (κ1) is 18.8. The van der Waals surface area contributed by atoms with Crippen LogP contribution in [0.1, 0.15) is 23.0 Å². The standard InChI is InChI=1S/C19H16Cl3N3O/c1-25-10-9-23-19(25)18(12-5-7-13(20)8-6-12)24-17(26)11-14-15(21)3-2-4-16(14)22/h2-10,18H,11H2,1H3,(H,24,26). The van der Waals surface area contributed by atoms with Crippen LogP contribution >= 0.6 is 34.8 Å². The van der Waals surface area contributed by atoms with E-state index >= 15 is 0 Å². The summed E-state index contributed by atoms with van der Waals surface area (Å²) in [6.07, 6.45) is 3.59. The molecule has 1 N–H and O–H groups in total. The average Bonchev–Trinajstić information content (AvgIpc) is 3.03. The lowest BCUT2D eigenvalue weighted by Gasteiger charge is -2.19. The summed E-state index contributed by atoms with van der Waals surface area (Å²) in [4.78, 5) is 17.1. The molecule has 1 heterocycles. The number of aromatic nitrogens is 2. The summed E-state index contributed by atoms with van der Waals surface area (Å²) in [5.41, 5.74) is 1.48. The summed E-state index contributed by atoms with van der Waals surface area (Å²) >= 11 is 18.3. The van der Waals surface area contributed by atoms with E-state index in [0.29, 0.717) is 26.5 Å². The number of hydrogen-bond acceptors (Lipinski definition) is 2. The van der Waals surface area contributed by atoms with Gasteiger partial charge in [0.1, 0.15) is 11.9 Å². The molecule has 0 spiro atoms. The molecule has 0 radical (unpaired) electrons. The number of carbonyl (C=O) groups is 1. The van der Waals surface area contributed by atoms with E-state index in [1.54, 1.807) is 36.5 Å². The molecule has 7 heteroatoms. The normalized spacial score (nSPS) is 12.0. The van der Waals surface area contributed by atoms with Crippen LogP contribution in [0.4, 0.5) is 0 Å². The highest BCUT2D eigenvalue weighted by Crippen LogP contribution is 2.26. The van der Waals surface area contributed by atoms with Gasteiger partial charge in [0.15, 0.2) is 0 Å². The van der Waals surface area contributed by atoms with Gasteiger partial charge in [-0.3, -0.25) is 4.79 Å². The SMILES string of the molecule is Cn1ccnc1C(NC(=O)Cc1c(Cl)cccc1Cl)c1ccc(Cl)cc1. The molecule has 1 amide bonds. The van der Waals surface area contributed by atoms with Crippen LogP contribution in [0, 0.1) is 0 Å². The lowest BCUT2D eigenvalue weighted by Crippen LogP contribution is -2.32. The third-order valence-electron chi connectivity index (χ3n) is 4.02. The number of imidazole rings is 1. The first-order valence-corrected chi connectivity index (χ1v) is 9.04. The Hall–Kier alpha value is -2.01. The topological polar surface area (TPSA) is 46.9 Å². The number of nitrogens with zero attached hydrogens (tertiary/aromatic N) is 2. The van der Waals surface area contributed by atoms with Crippen LogP contribution in [0.15, 0.2) is 54.9 Å². The zero-order valence-electron chi connectivity index (χ0n) is 13.9. The Morgan fingerprint density at radius 3 is 2.35 bits per heavy atom. The zero-order valence-corrected chi connectivity index (χ0v) is 16.2. The number of amides is 1. The number of carbonyl (C=O) groups excluding carboxylic acids is 1. The minimum absolute atomic E-state index is 0.0764. The van der Waals surface area contributed by atoms with Crippen molar-refractivity contribution >= 4 is 40.7 Å². The Morgan fingerprint density at radius 2 is 1.77 bits per heavy atom. The molecular formula is C19H16Cl3N3O. The fourth-order valence-corrected chi connectivity index (χ4v) is 3.34. The molecule has 1 unspecified atom stereocenters. The molecule has 0 aliphatic heterocycles. The number of hydrogen-bond donors (Lipinski definition) is 1. The quantitative estimate of drug-likeness (QED) is 0.657. The maximum atomic E-state index is 12.7. The molecule has 1 atom stereocenters. The van der Waals surface area contributed by atoms with Crippen molar-refractivity contribution in [1.29, 1.82) is 0 Å². The third-order valence-corrected chi connectivity index (χ3v) is 4.98. The van der Waals surface area contributed by atoms with Crippen molar-refractivity contribution in [2.75, 3.05) is 0 Å². The van der Waals surface area contributed by atoms with Crippen molar-refractivity contribution in [3.8, 4) is 0 Å². The van der Waals surface area contributed by atoms with Crippen LogP contribution in [-0.4, -0.2) is 15.5 Å². The number of benzene rings is 2. The molecule has 3 aromatic rings. The Labute approximate surface area is 166 Å². The van der Waals surface area contributed by atoms with Crippen molar-refractivity contribution in [3.63, 3.8) is 0 Å². The molecule has 0 aliphatic carbocycles. The number of nitrogens with one attached hydrogen (secondary N) is 1. The zero-order chi connectivity index (χ0) is 18.7. The monoisotopic (exact) mass is 407 g/mol. The Bertz CT molecular complexity index is 902. The summed E-state index contributed by atoms with van der Waals surface area (Å²) in [6.45, 7) is 0. The first-order valence-electron chi connectivity index (χ1n) is 7.90. The Kier molecular flexibility index (Phi) is 5.87. The maximum absolute atomic E-state index is 12.7. The fraction of sp³-hybridized carbons (Fsp3) is 0.158. The summed E-state index contributed by atoms with van der Waals surface area (Å²) in [6, 6.07) is 12.1. The highest BCUT2D eigenvalue weighted by Gasteiger charge is 2.21. The molecule has 3 rings (SSSR count). The van der Waals surface area contributed by atoms with Crippen LogP contribution in [-0.2, 0) is 18.3 Å². The van der Waals surface area contributed by atoms with Gasteiger partial charge in [-0.15, -0.1) is 0 Å². The first-order chi connectivity index (χ1) is 12.5. The second-order valence-electron chi connectivity index (χ2n) is 5.83. The van der Waals surface area contributed by atoms with Gasteiger partial charge in [0, 0.05) is 34.5 Å². The molecule has 1 aromatic heterocycles. The predicted octanol–water partition coefficient (Wildman–Crippen LogP) is 4.83. The Balaban J connectivity index is 1.87. The highest BCUT2D eigenvalue weighted by molar-refractivity contribution is 6.36. The van der Waals surface area contributed by atoms with Gasteiger partial charge in [-0.1, -0.05) is 53.0 Å². The van der Waals surface area contributed by atoms with Crippen molar-refractivity contribution in [3.05, 3.63) is 86.9 Å². The van der Waals surface area contributed by atoms with Crippen molar-refractivity contribution in [2.24, 2.45) is 7.05 Å². The molecule has 26 heavy (non-hydrogen) atoms. The second-order valence-corrected chi connectivity index (χ2v) is 7.08. The van der Waals surface area contributed by atoms with Gasteiger partial charge in [-0.05, 0) is 35.4 Å². The average molecular weight is 409 g/mol. The third kappa shape index (κ3) is 4.21. The summed E-state index contributed by atoms with van der Waals surface area (Å²) in [5, 5.41) is 4.57. The van der Waals surface area contributed by atoms with Gasteiger partial charge in [0.25, 0.3) is 0 Å². The van der Waals surface area contributed by atoms with E-state index in [-0.39, 0.29) is 12.3 Å². The van der Waals surface area contributed by atoms with Crippen molar-refractivity contribution in [1.82, 2.24) is 14.9 Å². The molecule has 0 saturated heterocycles. The van der Waals surface area contributed by atoms with E-state index in [4.69, 9.17) is 34.8 Å². The molecule has 0 fully saturated rings. The lowest BCUT2D eigenvalue weighted by molar-refractivity contribution is -0.121. The smallest absolute Gasteiger partial charge is 0.225 e. The van der Waals surface area contributed by atoms with Crippen molar-refractivity contribution < 1.29 is 4.79 Å². The molecule has 4 nitrogen and oxygen atoms in total. The van der Waals surface area contributed by atoms with Crippen molar-refractivity contribution in [2.45, 2.75) is 12.5 Å². The van der Waals surface area contributed by atoms with Crippen LogP contribution in [0.2, 0.25) is 15.1 Å². The van der Waals surface area contributed by atoms with Gasteiger partial charge >= 0.3 is 0 Å². The lowest BCUT2D eigenvalue weighted by atomic mass is 10.1. The second kappa shape index (κ2) is 8.12. The van der Waals surface area contributed by atoms with Crippen LogP contribution < -0.4 is 5.32 Å². The van der Waals surface area contributed by atoms with Gasteiger partial charge in [0.05, 0.1) is 6.42 Å². The Morgan fingerprint density at radius 1 is 1.12 bits per heavy atom. The van der Waals surface area contributed by atoms with Gasteiger partial charge in [0.2, 0.25) is 5.91 Å². The molecule has 0 saturated carbocycles. The van der Waals surface area contributed by atoms with Gasteiger partial charge < -0.3 is 9.88 Å². The van der Waals surface area contributed by atoms with E-state index in [9.17, 15) is 4.79 Å². The maximum Gasteiger partial charge on any atom is 0.225 e. The van der Waals surface area contributed by atoms with E-state index in [1.165, 1.54) is 0 Å². The summed E-state index contributed by atoms with van der Waals surface area (Å²) in [7, 11) is 1.88. The van der Waals surface area contributed by atoms with Crippen LogP contribution in [0.25, 0.3) is 0 Å². The summed E-state index contributed by atoms with van der Waals surface area (Å²) < 4.78 is 1.86. The van der Waals surface area contributed by atoms with Crippen LogP contribution in [0.3, 0.4) is 0 Å². The van der Waals surface area contributed by atoms with Gasteiger partial charge in [-0.2, -0.15) is 0 Å². The van der Waals surface area contributed by atoms with Crippen LogP contribution in [0.5, 0.6) is 0 Å².